The molecule has 0 aliphatic rings. The largest absolute Gasteiger partial charge is 0.304 e. The minimum absolute atomic E-state index is 0.287. The van der Waals surface area contributed by atoms with E-state index in [0.717, 1.165) is 27.0 Å². The number of nitrogens with one attached hydrogen (secondary N) is 1. The van der Waals surface area contributed by atoms with Crippen LogP contribution in [0.3, 0.4) is 0 Å². The summed E-state index contributed by atoms with van der Waals surface area (Å²) in [5.41, 5.74) is 4.32. The number of carbonyl (C=O) groups is 1. The molecule has 0 bridgehead atoms. The van der Waals surface area contributed by atoms with Crippen LogP contribution in [0.25, 0.3) is 0 Å². The Bertz CT molecular complexity index is 1350. The van der Waals surface area contributed by atoms with Gasteiger partial charge in [-0.2, -0.15) is 10.2 Å². The molecule has 0 atom stereocenters. The number of rotatable bonds is 6. The quantitative estimate of drug-likeness (QED) is 0.280. The number of hydrogen-bond acceptors (Lipinski definition) is 3. The minimum Gasteiger partial charge on any atom is -0.304 e. The molecule has 1 amide bonds. The monoisotopic (exact) mass is 565 g/mol. The molecule has 1 N–H and O–H groups in total. The maximum Gasteiger partial charge on any atom is 0.256 e. The van der Waals surface area contributed by atoms with Gasteiger partial charge in [-0.15, -0.1) is 0 Å². The number of carbonyl (C=O) groups excluding carboxylic acids is 1. The smallest absolute Gasteiger partial charge is 0.256 e. The molecule has 0 aliphatic carbocycles. The van der Waals surface area contributed by atoms with E-state index in [-0.39, 0.29) is 11.7 Å². The molecule has 0 saturated heterocycles. The van der Waals surface area contributed by atoms with E-state index >= 15 is 0 Å². The Kier molecular flexibility index (Phi) is 7.14. The predicted octanol–water partition coefficient (Wildman–Crippen LogP) is 6.77. The molecule has 10 heteroatoms. The van der Waals surface area contributed by atoms with Gasteiger partial charge in [-0.1, -0.05) is 53.0 Å². The average Bonchev–Trinajstić information content (AvgIpc) is 3.24. The molecule has 0 aliphatic heterocycles. The summed E-state index contributed by atoms with van der Waals surface area (Å²) in [6, 6.07) is 12.7. The number of amides is 1. The first-order valence-corrected chi connectivity index (χ1v) is 11.9. The first-order chi connectivity index (χ1) is 15.7. The van der Waals surface area contributed by atoms with Crippen molar-refractivity contribution in [1.29, 1.82) is 0 Å². The zero-order valence-corrected chi connectivity index (χ0v) is 21.6. The van der Waals surface area contributed by atoms with Gasteiger partial charge in [-0.05, 0) is 65.2 Å². The van der Waals surface area contributed by atoms with Gasteiger partial charge in [-0.25, -0.2) is 0 Å². The molecule has 170 valence electrons. The van der Waals surface area contributed by atoms with Gasteiger partial charge in [0.2, 0.25) is 0 Å². The first kappa shape index (κ1) is 23.8. The lowest BCUT2D eigenvalue weighted by atomic mass is 10.1. The summed E-state index contributed by atoms with van der Waals surface area (Å²) in [5, 5.41) is 13.0. The van der Waals surface area contributed by atoms with Crippen LogP contribution < -0.4 is 5.32 Å². The molecule has 4 aromatic rings. The second-order valence-corrected chi connectivity index (χ2v) is 9.58. The molecule has 2 aromatic heterocycles. The third kappa shape index (κ3) is 5.44. The van der Waals surface area contributed by atoms with E-state index in [1.165, 1.54) is 0 Å². The van der Waals surface area contributed by atoms with Crippen molar-refractivity contribution in [1.82, 2.24) is 19.6 Å². The molecule has 6 nitrogen and oxygen atoms in total. The summed E-state index contributed by atoms with van der Waals surface area (Å²) in [6.07, 6.45) is 1.65. The fourth-order valence-electron chi connectivity index (χ4n) is 3.38. The summed E-state index contributed by atoms with van der Waals surface area (Å²) in [5.74, 6) is -0.0114. The fraction of sp³-hybridized carbons (Fsp3) is 0.174. The number of hydrogen-bond donors (Lipinski definition) is 1. The van der Waals surface area contributed by atoms with E-state index in [2.05, 4.69) is 31.4 Å². The van der Waals surface area contributed by atoms with Crippen LogP contribution in [0.2, 0.25) is 15.1 Å². The Morgan fingerprint density at radius 3 is 2.42 bits per heavy atom. The van der Waals surface area contributed by atoms with Crippen molar-refractivity contribution in [2.45, 2.75) is 26.9 Å². The molecule has 0 saturated carbocycles. The van der Waals surface area contributed by atoms with E-state index in [9.17, 15) is 4.79 Å². The highest BCUT2D eigenvalue weighted by atomic mass is 79.9. The molecule has 2 heterocycles. The number of aryl methyl sites for hydroxylation is 1. The predicted molar refractivity (Wildman–Crippen MR) is 136 cm³/mol. The maximum atomic E-state index is 12.9. The lowest BCUT2D eigenvalue weighted by molar-refractivity contribution is 0.102. The highest BCUT2D eigenvalue weighted by molar-refractivity contribution is 9.10. The van der Waals surface area contributed by atoms with Gasteiger partial charge in [-0.3, -0.25) is 14.2 Å². The van der Waals surface area contributed by atoms with Gasteiger partial charge < -0.3 is 5.32 Å². The van der Waals surface area contributed by atoms with Crippen LogP contribution in [-0.4, -0.2) is 25.5 Å². The molecule has 0 unspecified atom stereocenters. The van der Waals surface area contributed by atoms with E-state index in [0.29, 0.717) is 33.7 Å². The van der Waals surface area contributed by atoms with Gasteiger partial charge >= 0.3 is 0 Å². The van der Waals surface area contributed by atoms with E-state index < -0.39 is 0 Å². The normalized spacial score (nSPS) is 11.1. The Morgan fingerprint density at radius 2 is 1.73 bits per heavy atom. The molecule has 0 spiro atoms. The molecule has 0 radical (unpaired) electrons. The molecular formula is C23H19BrCl3N5O. The van der Waals surface area contributed by atoms with Crippen LogP contribution in [0, 0.1) is 13.8 Å². The van der Waals surface area contributed by atoms with Gasteiger partial charge in [0.15, 0.2) is 5.82 Å². The Labute approximate surface area is 214 Å². The number of halogens is 4. The Hall–Kier alpha value is -2.32. The second-order valence-electron chi connectivity index (χ2n) is 7.57. The van der Waals surface area contributed by atoms with Crippen molar-refractivity contribution < 1.29 is 4.79 Å². The van der Waals surface area contributed by atoms with Crippen LogP contribution in [0.15, 0.2) is 53.1 Å². The fourth-order valence-corrected chi connectivity index (χ4v) is 4.18. The molecule has 33 heavy (non-hydrogen) atoms. The van der Waals surface area contributed by atoms with Gasteiger partial charge in [0, 0.05) is 11.8 Å². The van der Waals surface area contributed by atoms with Gasteiger partial charge in [0.1, 0.15) is 5.02 Å². The minimum atomic E-state index is -0.298. The SMILES string of the molecule is Cc1nn(Cc2cccc(C(=O)Nc3nn(Cc4ccc(Cl)c(Cl)c4)cc3Cl)c2)c(C)c1Br. The van der Waals surface area contributed by atoms with Crippen molar-refractivity contribution in [2.75, 3.05) is 5.32 Å². The first-order valence-electron chi connectivity index (χ1n) is 9.98. The summed E-state index contributed by atoms with van der Waals surface area (Å²) >= 11 is 21.9. The third-order valence-electron chi connectivity index (χ3n) is 5.09. The summed E-state index contributed by atoms with van der Waals surface area (Å²) in [6.45, 7) is 4.93. The number of benzene rings is 2. The topological polar surface area (TPSA) is 64.7 Å². The number of aromatic nitrogens is 4. The Morgan fingerprint density at radius 1 is 0.970 bits per heavy atom. The van der Waals surface area contributed by atoms with Gasteiger partial charge in [0.25, 0.3) is 5.91 Å². The molecule has 2 aromatic carbocycles. The molecular weight excluding hydrogens is 549 g/mol. The Balaban J connectivity index is 1.47. The summed E-state index contributed by atoms with van der Waals surface area (Å²) < 4.78 is 4.52. The van der Waals surface area contributed by atoms with Crippen LogP contribution in [0.1, 0.15) is 32.9 Å². The van der Waals surface area contributed by atoms with E-state index in [1.807, 2.05) is 42.8 Å². The summed E-state index contributed by atoms with van der Waals surface area (Å²) in [4.78, 5) is 12.9. The van der Waals surface area contributed by atoms with Crippen LogP contribution in [0.5, 0.6) is 0 Å². The highest BCUT2D eigenvalue weighted by Crippen LogP contribution is 2.25. The second kappa shape index (κ2) is 9.89. The van der Waals surface area contributed by atoms with Crippen molar-refractivity contribution in [3.05, 3.63) is 96.3 Å². The average molecular weight is 568 g/mol. The van der Waals surface area contributed by atoms with Crippen molar-refractivity contribution in [3.63, 3.8) is 0 Å². The zero-order chi connectivity index (χ0) is 23.7. The lowest BCUT2D eigenvalue weighted by Gasteiger charge is -2.08. The molecule has 4 rings (SSSR count). The van der Waals surface area contributed by atoms with Crippen LogP contribution in [-0.2, 0) is 13.1 Å². The van der Waals surface area contributed by atoms with Crippen LogP contribution in [0.4, 0.5) is 5.82 Å². The maximum absolute atomic E-state index is 12.9. The third-order valence-corrected chi connectivity index (χ3v) is 7.26. The number of anilines is 1. The molecule has 0 fully saturated rings. The van der Waals surface area contributed by atoms with Crippen LogP contribution >= 0.6 is 50.7 Å². The summed E-state index contributed by atoms with van der Waals surface area (Å²) in [7, 11) is 0. The zero-order valence-electron chi connectivity index (χ0n) is 17.7. The van der Waals surface area contributed by atoms with E-state index in [4.69, 9.17) is 34.8 Å². The van der Waals surface area contributed by atoms with Crippen molar-refractivity contribution in [3.8, 4) is 0 Å². The van der Waals surface area contributed by atoms with E-state index in [1.54, 1.807) is 29.1 Å². The van der Waals surface area contributed by atoms with Crippen molar-refractivity contribution >= 4 is 62.5 Å². The van der Waals surface area contributed by atoms with Crippen molar-refractivity contribution in [2.24, 2.45) is 0 Å². The standard InChI is InChI=1S/C23H19BrCl3N5O/c1-13-21(24)14(2)32(29-13)11-15-4-3-5-17(8-15)23(33)28-22-20(27)12-31(30-22)10-16-6-7-18(25)19(26)9-16/h3-9,12H,10-11H2,1-2H3,(H,28,30,33). The highest BCUT2D eigenvalue weighted by Gasteiger charge is 2.14. The number of nitrogens with zero attached hydrogens (tertiary/aromatic N) is 4. The van der Waals surface area contributed by atoms with Gasteiger partial charge in [0.05, 0.1) is 39.0 Å². The lowest BCUT2D eigenvalue weighted by Crippen LogP contribution is -2.14.